The second kappa shape index (κ2) is 6.41. The molecule has 1 heterocycles. The van der Waals surface area contributed by atoms with E-state index in [1.54, 1.807) is 7.11 Å². The third kappa shape index (κ3) is 3.37. The summed E-state index contributed by atoms with van der Waals surface area (Å²) in [7, 11) is 1.66. The SMILES string of the molecule is COc1ccc(CC(C)N2CCNCC2)c(Cl)c1. The number of ether oxygens (including phenoxy) is 1. The Bertz CT molecular complexity index is 391. The standard InChI is InChI=1S/C14H21ClN2O/c1-11(17-7-5-16-6-8-17)9-12-3-4-13(18-2)10-14(12)15/h3-4,10-11,16H,5-9H2,1-2H3. The molecule has 1 unspecified atom stereocenters. The molecule has 0 aromatic heterocycles. The fourth-order valence-corrected chi connectivity index (χ4v) is 2.64. The van der Waals surface area contributed by atoms with Crippen LogP contribution in [0, 0.1) is 0 Å². The maximum Gasteiger partial charge on any atom is 0.120 e. The van der Waals surface area contributed by atoms with E-state index < -0.39 is 0 Å². The first-order chi connectivity index (χ1) is 8.70. The van der Waals surface area contributed by atoms with Gasteiger partial charge in [-0.25, -0.2) is 0 Å². The van der Waals surface area contributed by atoms with Crippen LogP contribution >= 0.6 is 11.6 Å². The van der Waals surface area contributed by atoms with Crippen LogP contribution in [-0.4, -0.2) is 44.2 Å². The molecule has 0 spiro atoms. The molecule has 0 radical (unpaired) electrons. The zero-order valence-corrected chi connectivity index (χ0v) is 11.8. The maximum absolute atomic E-state index is 6.28. The fourth-order valence-electron chi connectivity index (χ4n) is 2.39. The summed E-state index contributed by atoms with van der Waals surface area (Å²) in [4.78, 5) is 2.51. The van der Waals surface area contributed by atoms with Gasteiger partial charge in [0, 0.05) is 37.2 Å². The van der Waals surface area contributed by atoms with Crippen LogP contribution in [0.5, 0.6) is 5.75 Å². The summed E-state index contributed by atoms with van der Waals surface area (Å²) in [5, 5.41) is 4.18. The molecule has 1 atom stereocenters. The van der Waals surface area contributed by atoms with Crippen molar-refractivity contribution in [3.8, 4) is 5.75 Å². The molecule has 2 rings (SSSR count). The van der Waals surface area contributed by atoms with Crippen LogP contribution in [0.25, 0.3) is 0 Å². The van der Waals surface area contributed by atoms with Crippen LogP contribution in [0.2, 0.25) is 5.02 Å². The summed E-state index contributed by atoms with van der Waals surface area (Å²) in [5.74, 6) is 0.818. The van der Waals surface area contributed by atoms with Gasteiger partial charge >= 0.3 is 0 Å². The largest absolute Gasteiger partial charge is 0.497 e. The third-order valence-electron chi connectivity index (χ3n) is 3.55. The number of benzene rings is 1. The lowest BCUT2D eigenvalue weighted by Crippen LogP contribution is -2.48. The first-order valence-corrected chi connectivity index (χ1v) is 6.85. The number of hydrogen-bond acceptors (Lipinski definition) is 3. The minimum atomic E-state index is 0.526. The Morgan fingerprint density at radius 1 is 1.39 bits per heavy atom. The molecule has 1 aromatic carbocycles. The van der Waals surface area contributed by atoms with Crippen molar-refractivity contribution in [3.63, 3.8) is 0 Å². The zero-order chi connectivity index (χ0) is 13.0. The minimum absolute atomic E-state index is 0.526. The Morgan fingerprint density at radius 3 is 2.72 bits per heavy atom. The summed E-state index contributed by atoms with van der Waals surface area (Å²) in [6.07, 6.45) is 0.989. The molecule has 1 aromatic rings. The lowest BCUT2D eigenvalue weighted by molar-refractivity contribution is 0.183. The molecule has 1 aliphatic heterocycles. The van der Waals surface area contributed by atoms with Gasteiger partial charge in [0.05, 0.1) is 7.11 Å². The average Bonchev–Trinajstić information content (AvgIpc) is 2.42. The predicted octanol–water partition coefficient (Wildman–Crippen LogP) is 2.18. The van der Waals surface area contributed by atoms with E-state index in [0.717, 1.165) is 43.4 Å². The van der Waals surface area contributed by atoms with Crippen LogP contribution in [0.3, 0.4) is 0 Å². The Balaban J connectivity index is 1.99. The molecular weight excluding hydrogens is 248 g/mol. The summed E-state index contributed by atoms with van der Waals surface area (Å²) in [6, 6.07) is 6.46. The molecule has 18 heavy (non-hydrogen) atoms. The Kier molecular flexibility index (Phi) is 4.87. The van der Waals surface area contributed by atoms with E-state index in [9.17, 15) is 0 Å². The van der Waals surface area contributed by atoms with E-state index in [0.29, 0.717) is 6.04 Å². The highest BCUT2D eigenvalue weighted by Crippen LogP contribution is 2.24. The van der Waals surface area contributed by atoms with Crippen LogP contribution < -0.4 is 10.1 Å². The molecule has 1 aliphatic rings. The van der Waals surface area contributed by atoms with Gasteiger partial charge in [0.2, 0.25) is 0 Å². The van der Waals surface area contributed by atoms with Crippen molar-refractivity contribution in [1.82, 2.24) is 10.2 Å². The van der Waals surface area contributed by atoms with E-state index in [-0.39, 0.29) is 0 Å². The zero-order valence-electron chi connectivity index (χ0n) is 11.1. The number of nitrogens with zero attached hydrogens (tertiary/aromatic N) is 1. The summed E-state index contributed by atoms with van der Waals surface area (Å²) in [6.45, 7) is 6.68. The molecule has 1 fully saturated rings. The third-order valence-corrected chi connectivity index (χ3v) is 3.90. The highest BCUT2D eigenvalue weighted by molar-refractivity contribution is 6.31. The first-order valence-electron chi connectivity index (χ1n) is 6.48. The van der Waals surface area contributed by atoms with Crippen LogP contribution in [0.1, 0.15) is 12.5 Å². The molecule has 0 aliphatic carbocycles. The van der Waals surface area contributed by atoms with Gasteiger partial charge in [-0.2, -0.15) is 0 Å². The van der Waals surface area contributed by atoms with Crippen molar-refractivity contribution >= 4 is 11.6 Å². The van der Waals surface area contributed by atoms with Crippen molar-refractivity contribution in [2.24, 2.45) is 0 Å². The number of piperazine rings is 1. The smallest absolute Gasteiger partial charge is 0.120 e. The normalized spacial score (nSPS) is 18.6. The lowest BCUT2D eigenvalue weighted by atomic mass is 10.0. The molecular formula is C14H21ClN2O. The van der Waals surface area contributed by atoms with E-state index in [4.69, 9.17) is 16.3 Å². The van der Waals surface area contributed by atoms with Gasteiger partial charge in [-0.05, 0) is 31.0 Å². The second-order valence-corrected chi connectivity index (χ2v) is 5.20. The molecule has 1 N–H and O–H groups in total. The molecule has 3 nitrogen and oxygen atoms in total. The summed E-state index contributed by atoms with van der Waals surface area (Å²) < 4.78 is 5.17. The van der Waals surface area contributed by atoms with Crippen molar-refractivity contribution in [1.29, 1.82) is 0 Å². The Labute approximate surface area is 114 Å². The predicted molar refractivity (Wildman–Crippen MR) is 75.6 cm³/mol. The second-order valence-electron chi connectivity index (χ2n) is 4.80. The van der Waals surface area contributed by atoms with Gasteiger partial charge < -0.3 is 10.1 Å². The fraction of sp³-hybridized carbons (Fsp3) is 0.571. The number of halogens is 1. The minimum Gasteiger partial charge on any atom is -0.497 e. The molecule has 1 saturated heterocycles. The van der Waals surface area contributed by atoms with Crippen LogP contribution in [0.4, 0.5) is 0 Å². The number of rotatable bonds is 4. The maximum atomic E-state index is 6.28. The van der Waals surface area contributed by atoms with Gasteiger partial charge in [-0.3, -0.25) is 4.90 Å². The van der Waals surface area contributed by atoms with Gasteiger partial charge in [-0.1, -0.05) is 17.7 Å². The topological polar surface area (TPSA) is 24.5 Å². The average molecular weight is 269 g/mol. The number of methoxy groups -OCH3 is 1. The molecule has 0 saturated carbocycles. The Morgan fingerprint density at radius 2 is 2.11 bits per heavy atom. The molecule has 100 valence electrons. The van der Waals surface area contributed by atoms with Crippen molar-refractivity contribution in [2.45, 2.75) is 19.4 Å². The van der Waals surface area contributed by atoms with Gasteiger partial charge in [0.15, 0.2) is 0 Å². The van der Waals surface area contributed by atoms with Crippen LogP contribution in [-0.2, 0) is 6.42 Å². The van der Waals surface area contributed by atoms with Gasteiger partial charge in [0.25, 0.3) is 0 Å². The highest BCUT2D eigenvalue weighted by atomic mass is 35.5. The molecule has 4 heteroatoms. The van der Waals surface area contributed by atoms with Gasteiger partial charge in [0.1, 0.15) is 5.75 Å². The van der Waals surface area contributed by atoms with E-state index in [1.165, 1.54) is 5.56 Å². The monoisotopic (exact) mass is 268 g/mol. The molecule has 0 amide bonds. The number of nitrogens with one attached hydrogen (secondary N) is 1. The van der Waals surface area contributed by atoms with Crippen molar-refractivity contribution < 1.29 is 4.74 Å². The van der Waals surface area contributed by atoms with E-state index in [2.05, 4.69) is 23.2 Å². The molecule has 0 bridgehead atoms. The van der Waals surface area contributed by atoms with Crippen molar-refractivity contribution in [3.05, 3.63) is 28.8 Å². The van der Waals surface area contributed by atoms with Crippen molar-refractivity contribution in [2.75, 3.05) is 33.3 Å². The van der Waals surface area contributed by atoms with E-state index in [1.807, 2.05) is 12.1 Å². The van der Waals surface area contributed by atoms with Crippen LogP contribution in [0.15, 0.2) is 18.2 Å². The highest BCUT2D eigenvalue weighted by Gasteiger charge is 2.17. The summed E-state index contributed by atoms with van der Waals surface area (Å²) >= 11 is 6.28. The number of hydrogen-bond donors (Lipinski definition) is 1. The first kappa shape index (κ1) is 13.7. The lowest BCUT2D eigenvalue weighted by Gasteiger charge is -2.33. The quantitative estimate of drug-likeness (QED) is 0.906. The summed E-state index contributed by atoms with van der Waals surface area (Å²) in [5.41, 5.74) is 1.20. The van der Waals surface area contributed by atoms with E-state index >= 15 is 0 Å². The van der Waals surface area contributed by atoms with Gasteiger partial charge in [-0.15, -0.1) is 0 Å². The Hall–Kier alpha value is -0.770.